The number of fused-ring (bicyclic) bond motifs is 3. The van der Waals surface area contributed by atoms with E-state index in [4.69, 9.17) is 0 Å². The molecule has 0 bridgehead atoms. The third kappa shape index (κ3) is 2.65. The monoisotopic (exact) mass is 371 g/mol. The van der Waals surface area contributed by atoms with Gasteiger partial charge < -0.3 is 0 Å². The molecule has 3 heterocycles. The zero-order chi connectivity index (χ0) is 18.6. The van der Waals surface area contributed by atoms with E-state index in [9.17, 15) is 9.59 Å². The maximum atomic E-state index is 13.1. The summed E-state index contributed by atoms with van der Waals surface area (Å²) in [6.07, 6.45) is 4.61. The van der Waals surface area contributed by atoms with Crippen LogP contribution in [-0.2, 0) is 19.9 Å². The zero-order valence-corrected chi connectivity index (χ0v) is 16.1. The van der Waals surface area contributed by atoms with Crippen molar-refractivity contribution in [1.82, 2.24) is 19.4 Å². The molecule has 0 aliphatic heterocycles. The number of amides is 1. The number of aryl methyl sites for hydroxylation is 4. The van der Waals surface area contributed by atoms with E-state index < -0.39 is 0 Å². The molecule has 0 saturated heterocycles. The van der Waals surface area contributed by atoms with Crippen LogP contribution in [0.15, 0.2) is 11.0 Å². The number of rotatable bonds is 2. The summed E-state index contributed by atoms with van der Waals surface area (Å²) in [6.45, 7) is 5.74. The molecular formula is C18H21N5O2S. The van der Waals surface area contributed by atoms with Crippen LogP contribution in [0, 0.1) is 19.8 Å². The molecule has 8 heteroatoms. The Balaban J connectivity index is 1.79. The van der Waals surface area contributed by atoms with Crippen molar-refractivity contribution >= 4 is 27.5 Å². The van der Waals surface area contributed by atoms with E-state index in [1.165, 1.54) is 9.55 Å². The van der Waals surface area contributed by atoms with Gasteiger partial charge in [0.05, 0.1) is 16.6 Å². The first kappa shape index (κ1) is 17.0. The van der Waals surface area contributed by atoms with Crippen molar-refractivity contribution in [1.29, 1.82) is 0 Å². The van der Waals surface area contributed by atoms with Crippen LogP contribution >= 0.6 is 11.3 Å². The molecule has 1 atom stereocenters. The van der Waals surface area contributed by atoms with Gasteiger partial charge in [0.1, 0.15) is 10.7 Å². The second-order valence-electron chi connectivity index (χ2n) is 7.07. The first-order chi connectivity index (χ1) is 12.3. The first-order valence-corrected chi connectivity index (χ1v) is 9.52. The SMILES string of the molecule is Cc1nn(C)cc1C(=O)Nn1c(C)nc2sc3c(c2c1=O)CCC(C)C3. The van der Waals surface area contributed by atoms with Crippen molar-refractivity contribution in [2.75, 3.05) is 5.43 Å². The van der Waals surface area contributed by atoms with Crippen molar-refractivity contribution in [3.8, 4) is 0 Å². The number of nitrogens with one attached hydrogen (secondary N) is 1. The van der Waals surface area contributed by atoms with Crippen molar-refractivity contribution in [2.45, 2.75) is 40.0 Å². The Labute approximate surface area is 154 Å². The van der Waals surface area contributed by atoms with Crippen molar-refractivity contribution in [3.63, 3.8) is 0 Å². The van der Waals surface area contributed by atoms with Crippen LogP contribution in [0.1, 0.15) is 45.7 Å². The predicted octanol–water partition coefficient (Wildman–Crippen LogP) is 2.32. The van der Waals surface area contributed by atoms with Crippen LogP contribution in [0.25, 0.3) is 10.2 Å². The van der Waals surface area contributed by atoms with Gasteiger partial charge in [-0.15, -0.1) is 11.3 Å². The summed E-state index contributed by atoms with van der Waals surface area (Å²) < 4.78 is 2.85. The van der Waals surface area contributed by atoms with Crippen LogP contribution in [0.2, 0.25) is 0 Å². The van der Waals surface area contributed by atoms with E-state index in [-0.39, 0.29) is 11.5 Å². The Bertz CT molecular complexity index is 1090. The number of carbonyl (C=O) groups excluding carboxylic acids is 1. The molecule has 136 valence electrons. The highest BCUT2D eigenvalue weighted by molar-refractivity contribution is 7.18. The highest BCUT2D eigenvalue weighted by Crippen LogP contribution is 2.35. The van der Waals surface area contributed by atoms with Gasteiger partial charge in [0.2, 0.25) is 0 Å². The van der Waals surface area contributed by atoms with Crippen LogP contribution in [-0.4, -0.2) is 25.3 Å². The molecule has 0 spiro atoms. The average Bonchev–Trinajstić information content (AvgIpc) is 3.09. The normalized spacial score (nSPS) is 16.7. The van der Waals surface area contributed by atoms with Gasteiger partial charge in [-0.3, -0.25) is 19.7 Å². The fraction of sp³-hybridized carbons (Fsp3) is 0.444. The van der Waals surface area contributed by atoms with E-state index in [1.807, 2.05) is 0 Å². The van der Waals surface area contributed by atoms with E-state index in [1.54, 1.807) is 43.1 Å². The molecular weight excluding hydrogens is 350 g/mol. The minimum Gasteiger partial charge on any atom is -0.275 e. The quantitative estimate of drug-likeness (QED) is 0.749. The summed E-state index contributed by atoms with van der Waals surface area (Å²) in [5.41, 5.74) is 4.67. The molecule has 0 saturated carbocycles. The predicted molar refractivity (Wildman–Crippen MR) is 101 cm³/mol. The van der Waals surface area contributed by atoms with Crippen LogP contribution in [0.5, 0.6) is 0 Å². The number of thiophene rings is 1. The van der Waals surface area contributed by atoms with Gasteiger partial charge in [-0.1, -0.05) is 6.92 Å². The fourth-order valence-electron chi connectivity index (χ4n) is 3.61. The van der Waals surface area contributed by atoms with Gasteiger partial charge in [0, 0.05) is 18.1 Å². The van der Waals surface area contributed by atoms with Crippen LogP contribution in [0.3, 0.4) is 0 Å². The number of carbonyl (C=O) groups is 1. The summed E-state index contributed by atoms with van der Waals surface area (Å²) in [5.74, 6) is 0.746. The van der Waals surface area contributed by atoms with Crippen LogP contribution < -0.4 is 11.0 Å². The smallest absolute Gasteiger partial charge is 0.275 e. The number of nitrogens with zero attached hydrogens (tertiary/aromatic N) is 4. The number of hydrogen-bond donors (Lipinski definition) is 1. The Morgan fingerprint density at radius 1 is 1.38 bits per heavy atom. The van der Waals surface area contributed by atoms with Gasteiger partial charge in [-0.25, -0.2) is 9.66 Å². The molecule has 0 aromatic carbocycles. The van der Waals surface area contributed by atoms with Gasteiger partial charge in [0.15, 0.2) is 0 Å². The largest absolute Gasteiger partial charge is 0.281 e. The van der Waals surface area contributed by atoms with Crippen molar-refractivity contribution < 1.29 is 4.79 Å². The van der Waals surface area contributed by atoms with Gasteiger partial charge >= 0.3 is 0 Å². The molecule has 1 N–H and O–H groups in total. The molecule has 1 amide bonds. The third-order valence-electron chi connectivity index (χ3n) is 4.97. The topological polar surface area (TPSA) is 81.8 Å². The molecule has 1 aliphatic carbocycles. The molecule has 0 fully saturated rings. The molecule has 1 aliphatic rings. The standard InChI is InChI=1S/C18H21N5O2S/c1-9-5-6-12-14(7-9)26-17-15(12)18(25)23(11(3)19-17)21-16(24)13-8-22(4)20-10(13)2/h8-9H,5-7H2,1-4H3,(H,21,24). The Kier molecular flexibility index (Phi) is 3.95. The summed E-state index contributed by atoms with van der Waals surface area (Å²) in [5, 5.41) is 4.84. The molecule has 7 nitrogen and oxygen atoms in total. The lowest BCUT2D eigenvalue weighted by Crippen LogP contribution is -2.35. The minimum atomic E-state index is -0.361. The van der Waals surface area contributed by atoms with Gasteiger partial charge in [-0.2, -0.15) is 5.10 Å². The maximum Gasteiger partial charge on any atom is 0.281 e. The van der Waals surface area contributed by atoms with Gasteiger partial charge in [0.25, 0.3) is 11.5 Å². The lowest BCUT2D eigenvalue weighted by atomic mass is 9.89. The summed E-state index contributed by atoms with van der Waals surface area (Å²) >= 11 is 1.61. The molecule has 4 rings (SSSR count). The van der Waals surface area contributed by atoms with Crippen molar-refractivity contribution in [3.05, 3.63) is 44.1 Å². The Hall–Kier alpha value is -2.48. The maximum absolute atomic E-state index is 13.1. The molecule has 3 aromatic heterocycles. The summed E-state index contributed by atoms with van der Waals surface area (Å²) in [7, 11) is 1.76. The van der Waals surface area contributed by atoms with Crippen molar-refractivity contribution in [2.24, 2.45) is 13.0 Å². The number of hydrogen-bond acceptors (Lipinski definition) is 5. The second kappa shape index (κ2) is 6.05. The number of aromatic nitrogens is 4. The first-order valence-electron chi connectivity index (χ1n) is 8.70. The average molecular weight is 371 g/mol. The highest BCUT2D eigenvalue weighted by atomic mass is 32.1. The lowest BCUT2D eigenvalue weighted by Gasteiger charge is -2.17. The molecule has 1 unspecified atom stereocenters. The molecule has 26 heavy (non-hydrogen) atoms. The Morgan fingerprint density at radius 3 is 2.85 bits per heavy atom. The van der Waals surface area contributed by atoms with Gasteiger partial charge in [-0.05, 0) is 44.6 Å². The van der Waals surface area contributed by atoms with E-state index in [2.05, 4.69) is 22.4 Å². The summed E-state index contributed by atoms with van der Waals surface area (Å²) in [4.78, 5) is 32.3. The highest BCUT2D eigenvalue weighted by Gasteiger charge is 2.24. The molecule has 3 aromatic rings. The van der Waals surface area contributed by atoms with E-state index in [0.29, 0.717) is 28.4 Å². The molecule has 0 radical (unpaired) electrons. The zero-order valence-electron chi connectivity index (χ0n) is 15.3. The fourth-order valence-corrected chi connectivity index (χ4v) is 5.03. The van der Waals surface area contributed by atoms with E-state index >= 15 is 0 Å². The minimum absolute atomic E-state index is 0.200. The Morgan fingerprint density at radius 2 is 2.15 bits per heavy atom. The van der Waals surface area contributed by atoms with E-state index in [0.717, 1.165) is 29.7 Å². The summed E-state index contributed by atoms with van der Waals surface area (Å²) in [6, 6.07) is 0. The second-order valence-corrected chi connectivity index (χ2v) is 8.16. The van der Waals surface area contributed by atoms with Crippen LogP contribution in [0.4, 0.5) is 0 Å². The lowest BCUT2D eigenvalue weighted by molar-refractivity contribution is 0.101. The third-order valence-corrected chi connectivity index (χ3v) is 6.12.